The van der Waals surface area contributed by atoms with Crippen LogP contribution in [0.4, 0.5) is 8.78 Å². The maximum atomic E-state index is 14.1. The van der Waals surface area contributed by atoms with Crippen molar-refractivity contribution in [3.05, 3.63) is 101 Å². The minimum Gasteiger partial charge on any atom is -0.390 e. The molecule has 0 radical (unpaired) electrons. The summed E-state index contributed by atoms with van der Waals surface area (Å²) in [5.74, 6) is -3.92. The van der Waals surface area contributed by atoms with Crippen LogP contribution in [0.5, 0.6) is 0 Å². The maximum Gasteiger partial charge on any atom is 0.270 e. The number of halogens is 3. The van der Waals surface area contributed by atoms with Gasteiger partial charge in [0.05, 0.1) is 23.1 Å². The smallest absolute Gasteiger partial charge is 0.270 e. The molecule has 3 rings (SSSR count). The van der Waals surface area contributed by atoms with Crippen LogP contribution in [-0.4, -0.2) is 66.1 Å². The number of sulfone groups is 1. The highest BCUT2D eigenvalue weighted by molar-refractivity contribution is 7.92. The lowest BCUT2D eigenvalue weighted by Crippen LogP contribution is -2.57. The molecule has 0 saturated carbocycles. The minimum absolute atomic E-state index is 0. The van der Waals surface area contributed by atoms with Crippen LogP contribution < -0.4 is 16.0 Å². The van der Waals surface area contributed by atoms with Crippen molar-refractivity contribution in [2.45, 2.75) is 89.3 Å². The Labute approximate surface area is 288 Å². The van der Waals surface area contributed by atoms with Crippen molar-refractivity contribution < 1.29 is 31.9 Å². The van der Waals surface area contributed by atoms with Crippen LogP contribution in [0.25, 0.3) is 0 Å². The number of aryl methyl sites for hydroxylation is 1. The van der Waals surface area contributed by atoms with Gasteiger partial charge in [0.25, 0.3) is 5.91 Å². The fraction of sp³-hybridized carbons (Fsp3) is 0.457. The summed E-state index contributed by atoms with van der Waals surface area (Å²) in [6, 6.07) is 12.8. The zero-order valence-corrected chi connectivity index (χ0v) is 29.3. The first-order chi connectivity index (χ1) is 22.4. The maximum absolute atomic E-state index is 14.1. The van der Waals surface area contributed by atoms with E-state index in [1.54, 1.807) is 12.1 Å². The van der Waals surface area contributed by atoms with Crippen LogP contribution in [0.2, 0.25) is 0 Å². The molecule has 9 nitrogen and oxygen atoms in total. The number of pyridine rings is 1. The predicted octanol–water partition coefficient (Wildman–Crippen LogP) is 4.70. The van der Waals surface area contributed by atoms with E-state index in [1.807, 2.05) is 45.0 Å². The Bertz CT molecular complexity index is 1540. The number of nitrogens with one attached hydrogen (secondary N) is 3. The lowest BCUT2D eigenvalue weighted by molar-refractivity contribution is -0.124. The van der Waals surface area contributed by atoms with E-state index in [0.717, 1.165) is 35.7 Å². The number of rotatable bonds is 19. The molecule has 13 heteroatoms. The van der Waals surface area contributed by atoms with Gasteiger partial charge in [-0.05, 0) is 66.6 Å². The van der Waals surface area contributed by atoms with Gasteiger partial charge in [0.2, 0.25) is 5.91 Å². The van der Waals surface area contributed by atoms with E-state index in [1.165, 1.54) is 12.3 Å². The highest BCUT2D eigenvalue weighted by Gasteiger charge is 2.34. The topological polar surface area (TPSA) is 137 Å². The van der Waals surface area contributed by atoms with Crippen molar-refractivity contribution in [3.8, 4) is 0 Å². The van der Waals surface area contributed by atoms with Gasteiger partial charge in [-0.1, -0.05) is 63.9 Å². The second kappa shape index (κ2) is 20.2. The van der Waals surface area contributed by atoms with Crippen LogP contribution in [0.3, 0.4) is 0 Å². The number of nitrogens with zero attached hydrogens (tertiary/aromatic N) is 1. The average Bonchev–Trinajstić information content (AvgIpc) is 3.03. The fourth-order valence-electron chi connectivity index (χ4n) is 5.44. The molecule has 264 valence electrons. The number of amides is 2. The minimum atomic E-state index is -3.87. The zero-order chi connectivity index (χ0) is 34.4. The van der Waals surface area contributed by atoms with Crippen molar-refractivity contribution >= 4 is 34.1 Å². The van der Waals surface area contributed by atoms with E-state index >= 15 is 0 Å². The first kappa shape index (κ1) is 40.7. The van der Waals surface area contributed by atoms with Crippen LogP contribution in [0.15, 0.2) is 66.9 Å². The molecule has 0 saturated heterocycles. The number of aromatic nitrogens is 1. The largest absolute Gasteiger partial charge is 0.390 e. The molecule has 2 aromatic carbocycles. The Morgan fingerprint density at radius 2 is 1.54 bits per heavy atom. The second-order valence-electron chi connectivity index (χ2n) is 11.7. The molecule has 0 aliphatic heterocycles. The Morgan fingerprint density at radius 3 is 2.15 bits per heavy atom. The van der Waals surface area contributed by atoms with E-state index in [9.17, 15) is 31.9 Å². The number of hydrogen-bond donors (Lipinski definition) is 4. The van der Waals surface area contributed by atoms with Gasteiger partial charge in [0, 0.05) is 25.4 Å². The monoisotopic (exact) mass is 708 g/mol. The number of benzene rings is 2. The molecule has 1 aromatic heterocycles. The molecule has 4 N–H and O–H groups in total. The summed E-state index contributed by atoms with van der Waals surface area (Å²) in [4.78, 5) is 30.9. The molecule has 0 aliphatic carbocycles. The normalized spacial score (nSPS) is 13.3. The molecule has 48 heavy (non-hydrogen) atoms. The van der Waals surface area contributed by atoms with E-state index in [4.69, 9.17) is 0 Å². The van der Waals surface area contributed by atoms with Gasteiger partial charge in [0.15, 0.2) is 9.84 Å². The van der Waals surface area contributed by atoms with Crippen LogP contribution in [0.1, 0.15) is 73.6 Å². The molecule has 0 fully saturated rings. The summed E-state index contributed by atoms with van der Waals surface area (Å²) in [6.07, 6.45) is 2.88. The number of hydrogen-bond acceptors (Lipinski definition) is 7. The number of carbonyl (C=O) groups is 2. The van der Waals surface area contributed by atoms with Crippen LogP contribution >= 0.6 is 12.4 Å². The van der Waals surface area contributed by atoms with E-state index < -0.39 is 62.5 Å². The van der Waals surface area contributed by atoms with Crippen molar-refractivity contribution in [2.24, 2.45) is 0 Å². The summed E-state index contributed by atoms with van der Waals surface area (Å²) in [6.45, 7) is 6.21. The third-order valence-corrected chi connectivity index (χ3v) is 10.2. The van der Waals surface area contributed by atoms with Crippen LogP contribution in [-0.2, 0) is 34.0 Å². The van der Waals surface area contributed by atoms with Gasteiger partial charge in [-0.15, -0.1) is 12.4 Å². The number of aliphatic hydroxyl groups excluding tert-OH is 1. The molecule has 0 bridgehead atoms. The van der Waals surface area contributed by atoms with Gasteiger partial charge in [-0.3, -0.25) is 14.6 Å². The van der Waals surface area contributed by atoms with Crippen molar-refractivity contribution in [3.63, 3.8) is 0 Å². The number of aliphatic hydroxyl groups is 1. The summed E-state index contributed by atoms with van der Waals surface area (Å²) in [5.41, 5.74) is 2.30. The van der Waals surface area contributed by atoms with Gasteiger partial charge >= 0.3 is 0 Å². The van der Waals surface area contributed by atoms with Crippen LogP contribution in [0, 0.1) is 11.6 Å². The molecule has 0 aliphatic rings. The van der Waals surface area contributed by atoms with E-state index in [2.05, 4.69) is 20.9 Å². The van der Waals surface area contributed by atoms with Crippen molar-refractivity contribution in [2.75, 3.05) is 12.3 Å². The standard InChI is InChI=1S/C35H46F2N4O5S.ClH/c1-4-10-29(11-5-2)47(45,46)23-32(41-34(43)30-14-7-8-15-39-30)35(44)40-31(19-26-17-27(36)20-28(37)18-26)33(42)22-38-21-25-13-9-12-24(6-3)16-25;/h7-9,12-18,20,29,31-33,38,42H,4-6,10-11,19,21-23H2,1-3H3,(H,40,44)(H,41,43);1H/t31-,32-,33+;/m0./s1. The van der Waals surface area contributed by atoms with Crippen molar-refractivity contribution in [1.29, 1.82) is 0 Å². The highest BCUT2D eigenvalue weighted by Crippen LogP contribution is 2.18. The third-order valence-electron chi connectivity index (χ3n) is 7.90. The fourth-order valence-corrected chi connectivity index (χ4v) is 7.60. The van der Waals surface area contributed by atoms with Gasteiger partial charge < -0.3 is 21.1 Å². The molecule has 1 heterocycles. The molecular weight excluding hydrogens is 662 g/mol. The first-order valence-electron chi connectivity index (χ1n) is 16.1. The summed E-state index contributed by atoms with van der Waals surface area (Å²) in [7, 11) is -3.87. The third kappa shape index (κ3) is 12.9. The summed E-state index contributed by atoms with van der Waals surface area (Å²) < 4.78 is 55.3. The summed E-state index contributed by atoms with van der Waals surface area (Å²) in [5, 5.41) is 18.9. The Hall–Kier alpha value is -3.45. The predicted molar refractivity (Wildman–Crippen MR) is 186 cm³/mol. The summed E-state index contributed by atoms with van der Waals surface area (Å²) >= 11 is 0. The average molecular weight is 709 g/mol. The quantitative estimate of drug-likeness (QED) is 0.142. The van der Waals surface area contributed by atoms with Gasteiger partial charge in [0.1, 0.15) is 23.4 Å². The first-order valence-corrected chi connectivity index (χ1v) is 17.8. The SMILES string of the molecule is CCCC(CCC)S(=O)(=O)C[C@H](NC(=O)c1ccccn1)C(=O)N[C@@H](Cc1cc(F)cc(F)c1)[C@H](O)CNCc1cccc(CC)c1.Cl. The lowest BCUT2D eigenvalue weighted by atomic mass is 10.00. The van der Waals surface area contributed by atoms with Gasteiger partial charge in [-0.2, -0.15) is 0 Å². The highest BCUT2D eigenvalue weighted by atomic mass is 35.5. The molecule has 3 aromatic rings. The second-order valence-corrected chi connectivity index (χ2v) is 14.1. The van der Waals surface area contributed by atoms with Gasteiger partial charge in [-0.25, -0.2) is 17.2 Å². The van der Waals surface area contributed by atoms with E-state index in [-0.39, 0.29) is 36.6 Å². The molecule has 0 spiro atoms. The molecule has 0 unspecified atom stereocenters. The molecule has 3 atom stereocenters. The van der Waals surface area contributed by atoms with E-state index in [0.29, 0.717) is 32.2 Å². The molecular formula is C35H47ClF2N4O5S. The number of carbonyl (C=O) groups excluding carboxylic acids is 2. The van der Waals surface area contributed by atoms with Crippen molar-refractivity contribution in [1.82, 2.24) is 20.9 Å². The Balaban J connectivity index is 0.00000800. The lowest BCUT2D eigenvalue weighted by Gasteiger charge is -2.28. The Morgan fingerprint density at radius 1 is 0.875 bits per heavy atom. The Kier molecular flexibility index (Phi) is 17.1. The molecule has 2 amide bonds. The zero-order valence-electron chi connectivity index (χ0n) is 27.6.